The van der Waals surface area contributed by atoms with E-state index in [1.165, 1.54) is 33.7 Å². The quantitative estimate of drug-likeness (QED) is 0.0801. The summed E-state index contributed by atoms with van der Waals surface area (Å²) in [4.78, 5) is 116. The minimum Gasteiger partial charge on any atom is -0.444 e. The van der Waals surface area contributed by atoms with Crippen molar-refractivity contribution < 1.29 is 57.3 Å². The van der Waals surface area contributed by atoms with E-state index in [1.54, 1.807) is 55.4 Å². The Hall–Kier alpha value is -7.06. The van der Waals surface area contributed by atoms with E-state index >= 15 is 0 Å². The standard InChI is InChI=1S/C64H94N8O12/c1-41(69(15)59(79)83-63(9,10)11)53(73)67-51(61(3,4)5)57(77)71-37-47(35-49(71)55(75)65-33-31-43-23-19-17-20-24-43)81-39-45-27-29-46(30-28-45)40-82-48-36-50(56(76)66-34-32-44-25-21-18-22-26-44)72(38-48)58(78)52(62(6,7)8)68-54(74)42(2)70(16)60(80)84-64(12,13)14/h17-30,41-42,47-52H,31-40H2,1-16H3,(H,65,75)(H,66,76)(H,67,73)(H,68,74)/t41-,42-,47-,48-,49-,50-,51+,52+/m0/s1. The molecule has 20 nitrogen and oxygen atoms in total. The fourth-order valence-corrected chi connectivity index (χ4v) is 9.66. The van der Waals surface area contributed by atoms with Crippen LogP contribution in [0, 0.1) is 10.8 Å². The third-order valence-corrected chi connectivity index (χ3v) is 14.9. The molecular weight excluding hydrogens is 1070 g/mol. The van der Waals surface area contributed by atoms with Crippen LogP contribution in [-0.2, 0) is 73.8 Å². The van der Waals surface area contributed by atoms with Crippen molar-refractivity contribution in [2.75, 3.05) is 40.3 Å². The maximum absolute atomic E-state index is 14.8. The lowest BCUT2D eigenvalue weighted by Crippen LogP contribution is -2.60. The molecule has 462 valence electrons. The van der Waals surface area contributed by atoms with Gasteiger partial charge in [-0.3, -0.25) is 38.6 Å². The van der Waals surface area contributed by atoms with Crippen LogP contribution in [0.5, 0.6) is 0 Å². The molecular formula is C64H94N8O12. The molecule has 2 aliphatic heterocycles. The SMILES string of the molecule is C[C@@H](C(=O)N[C@H](C(=O)N1C[C@@H](OCc2ccc(CO[C@H]3C[C@@H](C(=O)NCCc4ccccc4)N(C(=O)[C@@H](NC(=O)[C@H](C)N(C)C(=O)OC(C)(C)C)C(C)(C)C)C3)cc2)C[C@H]1C(=O)NCCc1ccccc1)C(C)(C)C)N(C)C(=O)OC(C)(C)C. The highest BCUT2D eigenvalue weighted by molar-refractivity contribution is 5.96. The van der Waals surface area contributed by atoms with Crippen LogP contribution in [0.4, 0.5) is 9.59 Å². The Morgan fingerprint density at radius 2 is 0.821 bits per heavy atom. The third kappa shape index (κ3) is 20.1. The lowest BCUT2D eigenvalue weighted by atomic mass is 9.85. The number of likely N-dealkylation sites (N-methyl/N-ethyl adjacent to an activating group) is 2. The van der Waals surface area contributed by atoms with Crippen LogP contribution < -0.4 is 21.3 Å². The number of amides is 8. The van der Waals surface area contributed by atoms with Crippen molar-refractivity contribution in [2.45, 2.75) is 195 Å². The molecule has 0 aromatic heterocycles. The van der Waals surface area contributed by atoms with Crippen molar-refractivity contribution >= 4 is 47.6 Å². The molecule has 2 heterocycles. The van der Waals surface area contributed by atoms with Crippen LogP contribution in [0.15, 0.2) is 84.9 Å². The Labute approximate surface area is 497 Å². The summed E-state index contributed by atoms with van der Waals surface area (Å²) in [6.45, 7) is 25.6. The summed E-state index contributed by atoms with van der Waals surface area (Å²) in [5, 5.41) is 11.8. The number of hydrogen-bond acceptors (Lipinski definition) is 12. The zero-order valence-electron chi connectivity index (χ0n) is 52.5. The molecule has 0 spiro atoms. The first-order chi connectivity index (χ1) is 39.1. The van der Waals surface area contributed by atoms with Crippen molar-refractivity contribution in [3.8, 4) is 0 Å². The Morgan fingerprint density at radius 3 is 1.12 bits per heavy atom. The van der Waals surface area contributed by atoms with Gasteiger partial charge in [-0.2, -0.15) is 0 Å². The predicted octanol–water partition coefficient (Wildman–Crippen LogP) is 6.95. The van der Waals surface area contributed by atoms with Crippen LogP contribution in [0.25, 0.3) is 0 Å². The van der Waals surface area contributed by atoms with Crippen LogP contribution in [-0.4, -0.2) is 167 Å². The molecule has 5 rings (SSSR count). The molecule has 8 amide bonds. The van der Waals surface area contributed by atoms with Crippen molar-refractivity contribution in [1.82, 2.24) is 40.9 Å². The van der Waals surface area contributed by atoms with Crippen molar-refractivity contribution in [2.24, 2.45) is 10.8 Å². The maximum atomic E-state index is 14.8. The number of hydrogen-bond donors (Lipinski definition) is 4. The second-order valence-electron chi connectivity index (χ2n) is 26.4. The van der Waals surface area contributed by atoms with Gasteiger partial charge < -0.3 is 50.0 Å². The first-order valence-electron chi connectivity index (χ1n) is 29.2. The Balaban J connectivity index is 1.27. The molecule has 20 heteroatoms. The molecule has 0 unspecified atom stereocenters. The molecule has 4 N–H and O–H groups in total. The predicted molar refractivity (Wildman–Crippen MR) is 320 cm³/mol. The number of carbonyl (C=O) groups excluding carboxylic acids is 8. The van der Waals surface area contributed by atoms with E-state index in [0.29, 0.717) is 25.9 Å². The lowest BCUT2D eigenvalue weighted by Gasteiger charge is -2.36. The van der Waals surface area contributed by atoms with E-state index in [9.17, 15) is 38.4 Å². The number of nitrogens with zero attached hydrogens (tertiary/aromatic N) is 4. The zero-order chi connectivity index (χ0) is 62.5. The molecule has 0 bridgehead atoms. The van der Waals surface area contributed by atoms with Gasteiger partial charge in [-0.1, -0.05) is 126 Å². The smallest absolute Gasteiger partial charge is 0.410 e. The largest absolute Gasteiger partial charge is 0.444 e. The normalized spacial score (nSPS) is 18.8. The van der Waals surface area contributed by atoms with Gasteiger partial charge in [0.05, 0.1) is 25.4 Å². The third-order valence-electron chi connectivity index (χ3n) is 14.9. The van der Waals surface area contributed by atoms with Gasteiger partial charge in [0.2, 0.25) is 35.4 Å². The Morgan fingerprint density at radius 1 is 0.500 bits per heavy atom. The van der Waals surface area contributed by atoms with Gasteiger partial charge in [-0.05, 0) is 101 Å². The van der Waals surface area contributed by atoms with E-state index in [1.807, 2.05) is 126 Å². The number of carbonyl (C=O) groups is 8. The van der Waals surface area contributed by atoms with Gasteiger partial charge >= 0.3 is 12.2 Å². The van der Waals surface area contributed by atoms with E-state index < -0.39 is 106 Å². The first kappa shape index (κ1) is 67.7. The highest BCUT2D eigenvalue weighted by atomic mass is 16.6. The van der Waals surface area contributed by atoms with Gasteiger partial charge in [-0.15, -0.1) is 0 Å². The molecule has 3 aromatic carbocycles. The summed E-state index contributed by atoms with van der Waals surface area (Å²) in [6.07, 6.45) is -0.880. The van der Waals surface area contributed by atoms with E-state index in [0.717, 1.165) is 22.3 Å². The minimum atomic E-state index is -1.07. The molecule has 2 aliphatic rings. The molecule has 2 saturated heterocycles. The zero-order valence-corrected chi connectivity index (χ0v) is 52.5. The van der Waals surface area contributed by atoms with E-state index in [2.05, 4.69) is 21.3 Å². The second-order valence-corrected chi connectivity index (χ2v) is 26.4. The van der Waals surface area contributed by atoms with Crippen molar-refractivity contribution in [3.05, 3.63) is 107 Å². The second kappa shape index (κ2) is 29.2. The van der Waals surface area contributed by atoms with Crippen LogP contribution in [0.2, 0.25) is 0 Å². The van der Waals surface area contributed by atoms with Gasteiger partial charge in [0.25, 0.3) is 0 Å². The summed E-state index contributed by atoms with van der Waals surface area (Å²) in [6, 6.07) is 21.2. The average Bonchev–Trinajstić information content (AvgIpc) is 3.03. The maximum Gasteiger partial charge on any atom is 0.410 e. The molecule has 0 radical (unpaired) electrons. The Bertz CT molecular complexity index is 2530. The number of rotatable bonds is 22. The average molecular weight is 1170 g/mol. The summed E-state index contributed by atoms with van der Waals surface area (Å²) < 4.78 is 23.9. The van der Waals surface area contributed by atoms with Gasteiger partial charge in [0.15, 0.2) is 0 Å². The number of benzene rings is 3. The molecule has 84 heavy (non-hydrogen) atoms. The fourth-order valence-electron chi connectivity index (χ4n) is 9.66. The minimum absolute atomic E-state index is 0.0811. The van der Waals surface area contributed by atoms with Gasteiger partial charge in [0, 0.05) is 53.1 Å². The molecule has 3 aromatic rings. The Kier molecular flexibility index (Phi) is 23.5. The van der Waals surface area contributed by atoms with Crippen LogP contribution >= 0.6 is 0 Å². The number of nitrogens with one attached hydrogen (secondary N) is 4. The molecule has 2 fully saturated rings. The van der Waals surface area contributed by atoms with Gasteiger partial charge in [-0.25, -0.2) is 9.59 Å². The fraction of sp³-hybridized carbons (Fsp3) is 0.594. The summed E-state index contributed by atoms with van der Waals surface area (Å²) in [5.41, 5.74) is 0.551. The lowest BCUT2D eigenvalue weighted by molar-refractivity contribution is -0.144. The topological polar surface area (TPSA) is 235 Å². The number of likely N-dealkylation sites (tertiary alicyclic amines) is 2. The van der Waals surface area contributed by atoms with Crippen molar-refractivity contribution in [3.63, 3.8) is 0 Å². The summed E-state index contributed by atoms with van der Waals surface area (Å²) >= 11 is 0. The van der Waals surface area contributed by atoms with E-state index in [-0.39, 0.29) is 51.0 Å². The number of ether oxygens (including phenoxy) is 4. The van der Waals surface area contributed by atoms with Crippen LogP contribution in [0.3, 0.4) is 0 Å². The van der Waals surface area contributed by atoms with Gasteiger partial charge in [0.1, 0.15) is 47.5 Å². The molecule has 8 atom stereocenters. The van der Waals surface area contributed by atoms with Crippen LogP contribution in [0.1, 0.15) is 132 Å². The molecule has 0 saturated carbocycles. The monoisotopic (exact) mass is 1170 g/mol. The van der Waals surface area contributed by atoms with E-state index in [4.69, 9.17) is 18.9 Å². The molecule has 0 aliphatic carbocycles. The highest BCUT2D eigenvalue weighted by Gasteiger charge is 2.48. The summed E-state index contributed by atoms with van der Waals surface area (Å²) in [5.74, 6) is -2.72. The first-order valence-corrected chi connectivity index (χ1v) is 29.2. The highest BCUT2D eigenvalue weighted by Crippen LogP contribution is 2.31. The summed E-state index contributed by atoms with van der Waals surface area (Å²) in [7, 11) is 2.92. The van der Waals surface area contributed by atoms with Crippen molar-refractivity contribution in [1.29, 1.82) is 0 Å².